The second-order valence-corrected chi connectivity index (χ2v) is 6.57. The maximum absolute atomic E-state index is 11.7. The summed E-state index contributed by atoms with van der Waals surface area (Å²) in [5.41, 5.74) is 2.18. The van der Waals surface area contributed by atoms with Crippen molar-refractivity contribution < 1.29 is 28.5 Å². The minimum absolute atomic E-state index is 0.0126. The van der Waals surface area contributed by atoms with Crippen LogP contribution < -0.4 is 19.5 Å². The van der Waals surface area contributed by atoms with Gasteiger partial charge in [0.2, 0.25) is 12.7 Å². The van der Waals surface area contributed by atoms with Crippen molar-refractivity contribution in [2.75, 3.05) is 46.1 Å². The molecule has 1 aromatic heterocycles. The van der Waals surface area contributed by atoms with E-state index in [2.05, 4.69) is 15.4 Å². The van der Waals surface area contributed by atoms with Crippen LogP contribution in [0.2, 0.25) is 0 Å². The number of carbonyl (C=O) groups excluding carboxylic acids is 1. The summed E-state index contributed by atoms with van der Waals surface area (Å²) in [6.07, 6.45) is 0. The zero-order chi connectivity index (χ0) is 21.6. The summed E-state index contributed by atoms with van der Waals surface area (Å²) in [5, 5.41) is 7.25. The Morgan fingerprint density at radius 2 is 1.87 bits per heavy atom. The molecule has 1 N–H and O–H groups in total. The summed E-state index contributed by atoms with van der Waals surface area (Å²) in [5.74, 6) is 1.67. The number of rotatable bonds is 9. The Bertz CT molecular complexity index is 1050. The zero-order valence-corrected chi connectivity index (χ0v) is 17.2. The minimum atomic E-state index is -0.231. The third-order valence-electron chi connectivity index (χ3n) is 4.41. The second kappa shape index (κ2) is 9.45. The van der Waals surface area contributed by atoms with Gasteiger partial charge < -0.3 is 29.0 Å². The Labute approximate surface area is 178 Å². The van der Waals surface area contributed by atoms with E-state index in [1.807, 2.05) is 30.3 Å². The van der Waals surface area contributed by atoms with Gasteiger partial charge in [0.15, 0.2) is 17.3 Å². The summed E-state index contributed by atoms with van der Waals surface area (Å²) in [6.45, 7) is 0.920. The van der Waals surface area contributed by atoms with Crippen molar-refractivity contribution >= 4 is 11.6 Å². The largest absolute Gasteiger partial charge is 0.460 e. The number of hydrogen-bond acceptors (Lipinski definition) is 8. The number of anilines is 1. The minimum Gasteiger partial charge on any atom is -0.460 e. The lowest BCUT2D eigenvalue weighted by Gasteiger charge is -2.08. The molecular weight excluding hydrogens is 404 g/mol. The number of nitrogens with one attached hydrogen (secondary N) is 1. The highest BCUT2D eigenvalue weighted by atomic mass is 16.7. The highest BCUT2D eigenvalue weighted by molar-refractivity contribution is 5.91. The smallest absolute Gasteiger partial charge is 0.336 e. The number of fused-ring (bicyclic) bond motifs is 1. The molecular formula is C21H22N4O6. The molecule has 2 heterocycles. The third-order valence-corrected chi connectivity index (χ3v) is 4.41. The highest BCUT2D eigenvalue weighted by Gasteiger charge is 2.19. The number of benzene rings is 2. The first-order valence-corrected chi connectivity index (χ1v) is 9.56. The van der Waals surface area contributed by atoms with Gasteiger partial charge in [-0.25, -0.2) is 4.68 Å². The van der Waals surface area contributed by atoms with Gasteiger partial charge in [-0.2, -0.15) is 4.98 Å². The summed E-state index contributed by atoms with van der Waals surface area (Å²) in [7, 11) is 3.07. The second-order valence-electron chi connectivity index (χ2n) is 6.57. The molecule has 0 fully saturated rings. The number of hydrogen-bond donors (Lipinski definition) is 1. The van der Waals surface area contributed by atoms with Crippen LogP contribution in [0.1, 0.15) is 0 Å². The van der Waals surface area contributed by atoms with Crippen LogP contribution in [-0.4, -0.2) is 61.5 Å². The molecule has 0 aliphatic carbocycles. The molecule has 0 spiro atoms. The molecule has 1 aliphatic rings. The Morgan fingerprint density at radius 1 is 1.06 bits per heavy atom. The maximum Gasteiger partial charge on any atom is 0.336 e. The molecule has 0 saturated carbocycles. The fraction of sp³-hybridized carbons (Fsp3) is 0.286. The summed E-state index contributed by atoms with van der Waals surface area (Å²) >= 11 is 0. The van der Waals surface area contributed by atoms with Crippen LogP contribution in [0.15, 0.2) is 42.5 Å². The van der Waals surface area contributed by atoms with E-state index < -0.39 is 0 Å². The number of nitrogens with zero attached hydrogens (tertiary/aromatic N) is 3. The summed E-state index contributed by atoms with van der Waals surface area (Å²) < 4.78 is 28.0. The molecule has 1 aliphatic heterocycles. The van der Waals surface area contributed by atoms with E-state index in [-0.39, 0.29) is 25.3 Å². The average molecular weight is 426 g/mol. The van der Waals surface area contributed by atoms with E-state index in [1.54, 1.807) is 23.9 Å². The van der Waals surface area contributed by atoms with Gasteiger partial charge in [-0.1, -0.05) is 0 Å². The highest BCUT2D eigenvalue weighted by Crippen LogP contribution is 2.36. The van der Waals surface area contributed by atoms with Crippen LogP contribution in [0.4, 0.5) is 5.69 Å². The van der Waals surface area contributed by atoms with Crippen molar-refractivity contribution in [2.45, 2.75) is 0 Å². The molecule has 10 nitrogen and oxygen atoms in total. The van der Waals surface area contributed by atoms with Gasteiger partial charge in [-0.05, 0) is 42.5 Å². The van der Waals surface area contributed by atoms with Crippen LogP contribution in [0.3, 0.4) is 0 Å². The van der Waals surface area contributed by atoms with Gasteiger partial charge in [-0.15, -0.1) is 5.10 Å². The first kappa shape index (κ1) is 20.6. The van der Waals surface area contributed by atoms with Crippen LogP contribution in [0, 0.1) is 0 Å². The molecule has 162 valence electrons. The lowest BCUT2D eigenvalue weighted by molar-refractivity contribution is -0.119. The Kier molecular flexibility index (Phi) is 6.29. The Morgan fingerprint density at radius 3 is 2.65 bits per heavy atom. The molecule has 1 amide bonds. The van der Waals surface area contributed by atoms with E-state index in [1.165, 1.54) is 7.11 Å². The SMILES string of the molecule is COCCOc1nc(-c2ccc3c(c2)OCO3)n(-c2ccc(NC(=O)COC)cc2)n1. The molecule has 31 heavy (non-hydrogen) atoms. The average Bonchev–Trinajstić information content (AvgIpc) is 3.41. The van der Waals surface area contributed by atoms with Crippen molar-refractivity contribution in [1.29, 1.82) is 0 Å². The summed E-state index contributed by atoms with van der Waals surface area (Å²) in [6, 6.07) is 13.0. The predicted octanol–water partition coefficient (Wildman–Crippen LogP) is 2.27. The van der Waals surface area contributed by atoms with Crippen molar-refractivity contribution in [2.24, 2.45) is 0 Å². The Balaban J connectivity index is 1.64. The van der Waals surface area contributed by atoms with E-state index in [0.717, 1.165) is 11.3 Å². The number of methoxy groups -OCH3 is 2. The quantitative estimate of drug-likeness (QED) is 0.520. The van der Waals surface area contributed by atoms with E-state index >= 15 is 0 Å². The third kappa shape index (κ3) is 4.76. The van der Waals surface area contributed by atoms with Gasteiger partial charge in [0.05, 0.1) is 12.3 Å². The molecule has 10 heteroatoms. The van der Waals surface area contributed by atoms with Crippen LogP contribution >= 0.6 is 0 Å². The Hall–Kier alpha value is -3.63. The molecule has 0 radical (unpaired) electrons. The molecule has 0 bridgehead atoms. The molecule has 0 unspecified atom stereocenters. The first-order chi connectivity index (χ1) is 15.2. The number of aromatic nitrogens is 3. The van der Waals surface area contributed by atoms with E-state index in [4.69, 9.17) is 23.7 Å². The van der Waals surface area contributed by atoms with Gasteiger partial charge in [0.25, 0.3) is 0 Å². The van der Waals surface area contributed by atoms with E-state index in [0.29, 0.717) is 36.2 Å². The lowest BCUT2D eigenvalue weighted by Crippen LogP contribution is -2.17. The van der Waals surface area contributed by atoms with Gasteiger partial charge >= 0.3 is 6.01 Å². The molecule has 3 aromatic rings. The number of amides is 1. The fourth-order valence-corrected chi connectivity index (χ4v) is 2.99. The topological polar surface area (TPSA) is 106 Å². The maximum atomic E-state index is 11.7. The van der Waals surface area contributed by atoms with Crippen molar-refractivity contribution in [1.82, 2.24) is 14.8 Å². The first-order valence-electron chi connectivity index (χ1n) is 9.56. The van der Waals surface area contributed by atoms with Crippen LogP contribution in [0.5, 0.6) is 17.5 Å². The van der Waals surface area contributed by atoms with Crippen molar-refractivity contribution in [3.05, 3.63) is 42.5 Å². The summed E-state index contributed by atoms with van der Waals surface area (Å²) in [4.78, 5) is 16.3. The van der Waals surface area contributed by atoms with Gasteiger partial charge in [0, 0.05) is 25.5 Å². The number of carbonyl (C=O) groups is 1. The van der Waals surface area contributed by atoms with Crippen molar-refractivity contribution in [3.8, 4) is 34.6 Å². The monoisotopic (exact) mass is 426 g/mol. The standard InChI is InChI=1S/C21H22N4O6/c1-27-9-10-29-21-23-20(14-3-8-17-18(11-14)31-13-30-17)25(24-21)16-6-4-15(5-7-16)22-19(26)12-28-2/h3-8,11H,9-10,12-13H2,1-2H3,(H,22,26). The molecule has 0 saturated heterocycles. The van der Waals surface area contributed by atoms with Crippen LogP contribution in [-0.2, 0) is 14.3 Å². The van der Waals surface area contributed by atoms with Crippen molar-refractivity contribution in [3.63, 3.8) is 0 Å². The molecule has 0 atom stereocenters. The van der Waals surface area contributed by atoms with Gasteiger partial charge in [-0.3, -0.25) is 4.79 Å². The normalized spacial score (nSPS) is 12.1. The zero-order valence-electron chi connectivity index (χ0n) is 17.2. The van der Waals surface area contributed by atoms with Crippen LogP contribution in [0.25, 0.3) is 17.1 Å². The number of ether oxygens (including phenoxy) is 5. The fourth-order valence-electron chi connectivity index (χ4n) is 2.99. The van der Waals surface area contributed by atoms with Gasteiger partial charge in [0.1, 0.15) is 13.2 Å². The molecule has 2 aromatic carbocycles. The lowest BCUT2D eigenvalue weighted by atomic mass is 10.2. The van der Waals surface area contributed by atoms with E-state index in [9.17, 15) is 4.79 Å². The molecule has 4 rings (SSSR count). The predicted molar refractivity (Wildman–Crippen MR) is 111 cm³/mol.